The lowest BCUT2D eigenvalue weighted by atomic mass is 9.92. The molecule has 0 N–H and O–H groups in total. The Balaban J connectivity index is 1.66. The first-order valence-corrected chi connectivity index (χ1v) is 8.40. The number of hydrogen-bond acceptors (Lipinski definition) is 2. The van der Waals surface area contributed by atoms with Gasteiger partial charge >= 0.3 is 0 Å². The van der Waals surface area contributed by atoms with Gasteiger partial charge in [0.1, 0.15) is 5.75 Å². The molecule has 1 atom stereocenters. The Hall–Kier alpha value is -1.41. The van der Waals surface area contributed by atoms with Gasteiger partial charge in [-0.25, -0.2) is 0 Å². The van der Waals surface area contributed by atoms with E-state index in [4.69, 9.17) is 4.74 Å². The minimum atomic E-state index is 0.338. The van der Waals surface area contributed by atoms with E-state index in [0.717, 1.165) is 11.5 Å². The van der Waals surface area contributed by atoms with Crippen LogP contribution in [0.5, 0.6) is 5.75 Å². The van der Waals surface area contributed by atoms with Gasteiger partial charge < -0.3 is 4.74 Å². The smallest absolute Gasteiger partial charge is 0.119 e. The van der Waals surface area contributed by atoms with Crippen LogP contribution in [0.25, 0.3) is 0 Å². The molecule has 1 nitrogen and oxygen atoms in total. The molecule has 1 aliphatic carbocycles. The van der Waals surface area contributed by atoms with Crippen LogP contribution in [0.15, 0.2) is 48.5 Å². The number of aryl methyl sites for hydroxylation is 2. The molecular weight excluding hydrogens is 276 g/mol. The van der Waals surface area contributed by atoms with Crippen LogP contribution in [0.4, 0.5) is 0 Å². The molecule has 0 fully saturated rings. The maximum Gasteiger partial charge on any atom is 0.119 e. The van der Waals surface area contributed by atoms with Gasteiger partial charge in [0.25, 0.3) is 0 Å². The van der Waals surface area contributed by atoms with E-state index >= 15 is 0 Å². The predicted octanol–water partition coefficient (Wildman–Crippen LogP) is 4.66. The third-order valence-electron chi connectivity index (χ3n) is 4.26. The molecule has 2 aromatic carbocycles. The van der Waals surface area contributed by atoms with Gasteiger partial charge in [0.2, 0.25) is 0 Å². The van der Waals surface area contributed by atoms with E-state index in [0.29, 0.717) is 12.5 Å². The zero-order valence-corrected chi connectivity index (χ0v) is 13.2. The normalized spacial score (nSPS) is 15.3. The first-order chi connectivity index (χ1) is 10.4. The van der Waals surface area contributed by atoms with Crippen molar-refractivity contribution in [3.05, 3.63) is 65.2 Å². The number of benzene rings is 2. The maximum atomic E-state index is 6.03. The van der Waals surface area contributed by atoms with E-state index in [1.165, 1.54) is 42.4 Å². The molecule has 0 heterocycles. The van der Waals surface area contributed by atoms with Crippen molar-refractivity contribution in [3.8, 4) is 5.75 Å². The molecule has 0 saturated carbocycles. The average Bonchev–Trinajstić information content (AvgIpc) is 2.56. The van der Waals surface area contributed by atoms with Gasteiger partial charge in [0, 0.05) is 11.7 Å². The topological polar surface area (TPSA) is 9.23 Å². The Labute approximate surface area is 132 Å². The molecule has 110 valence electrons. The van der Waals surface area contributed by atoms with Crippen molar-refractivity contribution in [1.29, 1.82) is 0 Å². The number of fused-ring (bicyclic) bond motifs is 1. The van der Waals surface area contributed by atoms with Crippen molar-refractivity contribution in [2.75, 3.05) is 12.4 Å². The monoisotopic (exact) mass is 298 g/mol. The predicted molar refractivity (Wildman–Crippen MR) is 91.6 cm³/mol. The summed E-state index contributed by atoms with van der Waals surface area (Å²) in [4.78, 5) is 0. The summed E-state index contributed by atoms with van der Waals surface area (Å²) in [5.74, 6) is 2.14. The van der Waals surface area contributed by atoms with E-state index in [-0.39, 0.29) is 0 Å². The summed E-state index contributed by atoms with van der Waals surface area (Å²) >= 11 is 4.47. The summed E-state index contributed by atoms with van der Waals surface area (Å²) in [6.07, 6.45) is 5.04. The highest BCUT2D eigenvalue weighted by Gasteiger charge is 2.13. The second-order valence-electron chi connectivity index (χ2n) is 5.74. The fourth-order valence-electron chi connectivity index (χ4n) is 2.98. The molecule has 0 saturated heterocycles. The summed E-state index contributed by atoms with van der Waals surface area (Å²) in [6.45, 7) is 0.687. The fourth-order valence-corrected chi connectivity index (χ4v) is 3.29. The summed E-state index contributed by atoms with van der Waals surface area (Å²) in [6, 6.07) is 17.1. The number of hydrogen-bond donors (Lipinski definition) is 1. The molecule has 3 rings (SSSR count). The van der Waals surface area contributed by atoms with Gasteiger partial charge in [0.05, 0.1) is 6.61 Å². The maximum absolute atomic E-state index is 6.03. The highest BCUT2D eigenvalue weighted by atomic mass is 32.1. The highest BCUT2D eigenvalue weighted by molar-refractivity contribution is 7.80. The van der Waals surface area contributed by atoms with Crippen LogP contribution in [0, 0.1) is 0 Å². The van der Waals surface area contributed by atoms with E-state index in [2.05, 4.69) is 55.1 Å². The van der Waals surface area contributed by atoms with Crippen LogP contribution in [0.1, 0.15) is 35.4 Å². The quantitative estimate of drug-likeness (QED) is 0.790. The average molecular weight is 298 g/mol. The Morgan fingerprint density at radius 1 is 0.952 bits per heavy atom. The molecule has 21 heavy (non-hydrogen) atoms. The molecule has 0 aliphatic heterocycles. The van der Waals surface area contributed by atoms with Crippen LogP contribution >= 0.6 is 12.6 Å². The van der Waals surface area contributed by atoms with Crippen molar-refractivity contribution in [1.82, 2.24) is 0 Å². The van der Waals surface area contributed by atoms with Gasteiger partial charge in [-0.2, -0.15) is 12.6 Å². The molecule has 0 radical (unpaired) electrons. The molecule has 0 spiro atoms. The van der Waals surface area contributed by atoms with E-state index in [1.54, 1.807) is 0 Å². The Morgan fingerprint density at radius 2 is 1.71 bits per heavy atom. The van der Waals surface area contributed by atoms with Gasteiger partial charge in [0.15, 0.2) is 0 Å². The highest BCUT2D eigenvalue weighted by Crippen LogP contribution is 2.26. The largest absolute Gasteiger partial charge is 0.493 e. The van der Waals surface area contributed by atoms with Crippen LogP contribution in [-0.2, 0) is 12.8 Å². The zero-order valence-electron chi connectivity index (χ0n) is 12.3. The molecule has 1 unspecified atom stereocenters. The molecule has 1 aliphatic rings. The summed E-state index contributed by atoms with van der Waals surface area (Å²) < 4.78 is 6.03. The Bertz CT molecular complexity index is 579. The molecule has 0 aromatic heterocycles. The summed E-state index contributed by atoms with van der Waals surface area (Å²) in [7, 11) is 0. The zero-order chi connectivity index (χ0) is 14.5. The molecule has 2 aromatic rings. The van der Waals surface area contributed by atoms with Gasteiger partial charge in [-0.3, -0.25) is 0 Å². The second kappa shape index (κ2) is 7.04. The van der Waals surface area contributed by atoms with Crippen LogP contribution in [0.2, 0.25) is 0 Å². The fraction of sp³-hybridized carbons (Fsp3) is 0.368. The minimum absolute atomic E-state index is 0.338. The SMILES string of the molecule is SCC(COc1ccc2c(c1)CCCC2)c1ccccc1. The Kier molecular flexibility index (Phi) is 4.87. The van der Waals surface area contributed by atoms with Gasteiger partial charge in [-0.1, -0.05) is 36.4 Å². The van der Waals surface area contributed by atoms with Crippen molar-refractivity contribution in [2.24, 2.45) is 0 Å². The minimum Gasteiger partial charge on any atom is -0.493 e. The first kappa shape index (κ1) is 14.5. The summed E-state index contributed by atoms with van der Waals surface area (Å²) in [5.41, 5.74) is 4.27. The van der Waals surface area contributed by atoms with Crippen molar-refractivity contribution in [3.63, 3.8) is 0 Å². The van der Waals surface area contributed by atoms with Crippen LogP contribution < -0.4 is 4.74 Å². The molecule has 2 heteroatoms. The third-order valence-corrected chi connectivity index (χ3v) is 4.70. The lowest BCUT2D eigenvalue weighted by Crippen LogP contribution is -2.12. The van der Waals surface area contributed by atoms with Crippen LogP contribution in [-0.4, -0.2) is 12.4 Å². The number of thiol groups is 1. The first-order valence-electron chi connectivity index (χ1n) is 7.77. The Morgan fingerprint density at radius 3 is 2.48 bits per heavy atom. The van der Waals surface area contributed by atoms with Crippen molar-refractivity contribution < 1.29 is 4.74 Å². The van der Waals surface area contributed by atoms with Crippen LogP contribution in [0.3, 0.4) is 0 Å². The number of ether oxygens (including phenoxy) is 1. The van der Waals surface area contributed by atoms with E-state index in [9.17, 15) is 0 Å². The second-order valence-corrected chi connectivity index (χ2v) is 6.10. The molecule has 0 bridgehead atoms. The standard InChI is InChI=1S/C19H22OS/c21-14-18(15-6-2-1-3-7-15)13-20-19-11-10-16-8-4-5-9-17(16)12-19/h1-3,6-7,10-12,18,21H,4-5,8-9,13-14H2. The lowest BCUT2D eigenvalue weighted by molar-refractivity contribution is 0.297. The van der Waals surface area contributed by atoms with E-state index < -0.39 is 0 Å². The van der Waals surface area contributed by atoms with Gasteiger partial charge in [-0.15, -0.1) is 0 Å². The number of rotatable bonds is 5. The van der Waals surface area contributed by atoms with Crippen molar-refractivity contribution >= 4 is 12.6 Å². The summed E-state index contributed by atoms with van der Waals surface area (Å²) in [5, 5.41) is 0. The third kappa shape index (κ3) is 3.62. The molecular formula is C19H22OS. The molecule has 0 amide bonds. The lowest BCUT2D eigenvalue weighted by Gasteiger charge is -2.19. The van der Waals surface area contributed by atoms with Gasteiger partial charge in [-0.05, 0) is 54.5 Å². The van der Waals surface area contributed by atoms with Crippen molar-refractivity contribution in [2.45, 2.75) is 31.6 Å². The van der Waals surface area contributed by atoms with E-state index in [1.807, 2.05) is 6.07 Å².